The molecule has 1 aliphatic carbocycles. The number of hydrogen-bond acceptors (Lipinski definition) is 5. The number of carbonyl (C=O) groups excluding carboxylic acids is 1. The van der Waals surface area contributed by atoms with Crippen LogP contribution < -0.4 is 5.43 Å². The van der Waals surface area contributed by atoms with Crippen LogP contribution in [0, 0.1) is 5.41 Å². The fourth-order valence-electron chi connectivity index (χ4n) is 3.83. The van der Waals surface area contributed by atoms with E-state index in [1.165, 1.54) is 0 Å². The standard InChI is InChI=1S/C22H32FN3O2Si/c1-21(2,3)29(4,5)28-14-22(11-12-22)18(27)19-24-20-16(23)13-17(26(20)25-19)15-9-7-6-8-10-15/h6-10,16-17,20H,11-14H2,1-5H3,(H,24,25)/t16-,17-,20?/m0/s1. The molecule has 1 aromatic rings. The van der Waals surface area contributed by atoms with Crippen molar-refractivity contribution in [3.8, 4) is 0 Å². The van der Waals surface area contributed by atoms with E-state index in [0.29, 0.717) is 18.9 Å². The minimum Gasteiger partial charge on any atom is -0.416 e. The molecule has 1 unspecified atom stereocenters. The molecule has 1 saturated heterocycles. The molecule has 1 saturated carbocycles. The smallest absolute Gasteiger partial charge is 0.207 e. The van der Waals surface area contributed by atoms with Crippen LogP contribution in [-0.4, -0.2) is 43.9 Å². The SMILES string of the molecule is CC(C)(C)[Si](C)(C)OCC1(C(=O)C2=NC3[C@@H](F)C[C@@H](c4ccccc4)N3N2)CC1. The summed E-state index contributed by atoms with van der Waals surface area (Å²) in [4.78, 5) is 17.7. The molecule has 1 N–H and O–H groups in total. The van der Waals surface area contributed by atoms with Crippen LogP contribution in [0.25, 0.3) is 0 Å². The fourth-order valence-corrected chi connectivity index (χ4v) is 4.90. The maximum atomic E-state index is 14.7. The molecule has 4 rings (SSSR count). The molecule has 29 heavy (non-hydrogen) atoms. The van der Waals surface area contributed by atoms with Crippen LogP contribution in [0.4, 0.5) is 4.39 Å². The first-order valence-electron chi connectivity index (χ1n) is 10.5. The van der Waals surface area contributed by atoms with Gasteiger partial charge in [0, 0.05) is 13.0 Å². The first-order valence-corrected chi connectivity index (χ1v) is 13.5. The second kappa shape index (κ2) is 6.99. The quantitative estimate of drug-likeness (QED) is 0.698. The summed E-state index contributed by atoms with van der Waals surface area (Å²) in [5.74, 6) is 0.277. The molecule has 2 aliphatic heterocycles. The lowest BCUT2D eigenvalue weighted by molar-refractivity contribution is -0.119. The van der Waals surface area contributed by atoms with Crippen molar-refractivity contribution >= 4 is 19.9 Å². The normalized spacial score (nSPS) is 28.6. The van der Waals surface area contributed by atoms with E-state index in [1.807, 2.05) is 35.3 Å². The van der Waals surface area contributed by atoms with Crippen molar-refractivity contribution < 1.29 is 13.6 Å². The topological polar surface area (TPSA) is 53.9 Å². The Morgan fingerprint density at radius 3 is 2.55 bits per heavy atom. The van der Waals surface area contributed by atoms with Gasteiger partial charge in [-0.3, -0.25) is 10.2 Å². The summed E-state index contributed by atoms with van der Waals surface area (Å²) in [5, 5.41) is 1.92. The van der Waals surface area contributed by atoms with Gasteiger partial charge >= 0.3 is 0 Å². The Kier molecular flexibility index (Phi) is 4.99. The monoisotopic (exact) mass is 417 g/mol. The first kappa shape index (κ1) is 20.7. The second-order valence-electron chi connectivity index (χ2n) is 10.2. The minimum absolute atomic E-state index is 0.0235. The van der Waals surface area contributed by atoms with Crippen molar-refractivity contribution in [3.05, 3.63) is 35.9 Å². The number of aliphatic imine (C=N–C) groups is 1. The van der Waals surface area contributed by atoms with Crippen LogP contribution in [0.3, 0.4) is 0 Å². The number of Topliss-reactive ketones (excluding diaryl/α,β-unsaturated/α-hetero) is 1. The molecule has 0 spiro atoms. The van der Waals surface area contributed by atoms with Gasteiger partial charge in [-0.2, -0.15) is 5.01 Å². The molecule has 0 aromatic heterocycles. The van der Waals surface area contributed by atoms with Gasteiger partial charge in [0.1, 0.15) is 6.17 Å². The number of nitrogens with one attached hydrogen (secondary N) is 1. The number of fused-ring (bicyclic) bond motifs is 1. The van der Waals surface area contributed by atoms with Crippen LogP contribution in [0.5, 0.6) is 0 Å². The Morgan fingerprint density at radius 1 is 1.31 bits per heavy atom. The van der Waals surface area contributed by atoms with Crippen molar-refractivity contribution in [3.63, 3.8) is 0 Å². The summed E-state index contributed by atoms with van der Waals surface area (Å²) in [6.07, 6.45) is 0.291. The predicted octanol–water partition coefficient (Wildman–Crippen LogP) is 4.39. The van der Waals surface area contributed by atoms with E-state index < -0.39 is 26.1 Å². The van der Waals surface area contributed by atoms with Gasteiger partial charge in [-0.1, -0.05) is 51.1 Å². The summed E-state index contributed by atoms with van der Waals surface area (Å²) < 4.78 is 21.0. The van der Waals surface area contributed by atoms with E-state index in [9.17, 15) is 9.18 Å². The van der Waals surface area contributed by atoms with Gasteiger partial charge in [0.15, 0.2) is 20.3 Å². The zero-order valence-electron chi connectivity index (χ0n) is 18.0. The summed E-state index contributed by atoms with van der Waals surface area (Å²) >= 11 is 0. The first-order chi connectivity index (χ1) is 13.5. The number of rotatable bonds is 6. The number of halogens is 1. The molecule has 0 radical (unpaired) electrons. The van der Waals surface area contributed by atoms with E-state index in [4.69, 9.17) is 4.43 Å². The third-order valence-electron chi connectivity index (χ3n) is 7.14. The van der Waals surface area contributed by atoms with Crippen LogP contribution in [0.15, 0.2) is 35.3 Å². The summed E-state index contributed by atoms with van der Waals surface area (Å²) in [7, 11) is -1.93. The molecular formula is C22H32FN3O2Si. The average Bonchev–Trinajstić information content (AvgIpc) is 3.23. The average molecular weight is 418 g/mol. The van der Waals surface area contributed by atoms with Crippen LogP contribution in [0.1, 0.15) is 51.6 Å². The molecule has 3 aliphatic rings. The van der Waals surface area contributed by atoms with E-state index in [0.717, 1.165) is 18.4 Å². The van der Waals surface area contributed by atoms with Crippen molar-refractivity contribution in [1.29, 1.82) is 0 Å². The lowest BCUT2D eigenvalue weighted by Crippen LogP contribution is -2.46. The summed E-state index contributed by atoms with van der Waals surface area (Å²) in [5.41, 5.74) is 3.70. The Hall–Kier alpha value is -1.57. The molecule has 1 aromatic carbocycles. The number of nitrogens with zero attached hydrogens (tertiary/aromatic N) is 2. The summed E-state index contributed by atoms with van der Waals surface area (Å²) in [6, 6.07) is 9.73. The number of carbonyl (C=O) groups is 1. The second-order valence-corrected chi connectivity index (χ2v) is 15.1. The van der Waals surface area contributed by atoms with Crippen molar-refractivity contribution in [1.82, 2.24) is 10.4 Å². The highest BCUT2D eigenvalue weighted by Gasteiger charge is 2.56. The van der Waals surface area contributed by atoms with E-state index >= 15 is 0 Å². The van der Waals surface area contributed by atoms with Gasteiger partial charge in [-0.15, -0.1) is 0 Å². The van der Waals surface area contributed by atoms with E-state index in [1.54, 1.807) is 0 Å². The Morgan fingerprint density at radius 2 is 1.97 bits per heavy atom. The van der Waals surface area contributed by atoms with Crippen molar-refractivity contribution in [2.75, 3.05) is 6.61 Å². The maximum absolute atomic E-state index is 14.7. The fraction of sp³-hybridized carbons (Fsp3) is 0.636. The molecule has 2 fully saturated rings. The number of hydrogen-bond donors (Lipinski definition) is 1. The summed E-state index contributed by atoms with van der Waals surface area (Å²) in [6.45, 7) is 11.4. The largest absolute Gasteiger partial charge is 0.416 e. The van der Waals surface area contributed by atoms with Crippen LogP contribution in [-0.2, 0) is 9.22 Å². The van der Waals surface area contributed by atoms with E-state index in [-0.39, 0.29) is 16.9 Å². The van der Waals surface area contributed by atoms with Crippen molar-refractivity contribution in [2.45, 2.75) is 76.5 Å². The van der Waals surface area contributed by atoms with E-state index in [2.05, 4.69) is 44.3 Å². The molecule has 3 atom stereocenters. The molecule has 5 nitrogen and oxygen atoms in total. The minimum atomic E-state index is -1.93. The molecule has 7 heteroatoms. The maximum Gasteiger partial charge on any atom is 0.207 e. The lowest BCUT2D eigenvalue weighted by atomic mass is 10.0. The van der Waals surface area contributed by atoms with Gasteiger partial charge in [-0.05, 0) is 36.5 Å². The predicted molar refractivity (Wildman–Crippen MR) is 115 cm³/mol. The third kappa shape index (κ3) is 3.68. The highest BCUT2D eigenvalue weighted by atomic mass is 28.4. The third-order valence-corrected chi connectivity index (χ3v) is 11.6. The Bertz CT molecular complexity index is 817. The number of hydrazine groups is 1. The van der Waals surface area contributed by atoms with Gasteiger partial charge in [0.05, 0.1) is 11.5 Å². The Balaban J connectivity index is 1.46. The van der Waals surface area contributed by atoms with Gasteiger partial charge < -0.3 is 4.43 Å². The molecule has 158 valence electrons. The number of benzene rings is 1. The highest BCUT2D eigenvalue weighted by Crippen LogP contribution is 2.50. The number of amidine groups is 1. The molecule has 0 amide bonds. The van der Waals surface area contributed by atoms with Gasteiger partial charge in [0.2, 0.25) is 5.78 Å². The zero-order valence-corrected chi connectivity index (χ0v) is 19.0. The molecular weight excluding hydrogens is 385 g/mol. The lowest BCUT2D eigenvalue weighted by Gasteiger charge is -2.37. The number of alkyl halides is 1. The van der Waals surface area contributed by atoms with Crippen molar-refractivity contribution in [2.24, 2.45) is 10.4 Å². The van der Waals surface area contributed by atoms with Gasteiger partial charge in [-0.25, -0.2) is 9.38 Å². The van der Waals surface area contributed by atoms with Gasteiger partial charge in [0.25, 0.3) is 0 Å². The number of ketones is 1. The molecule has 0 bridgehead atoms. The Labute approximate surface area is 173 Å². The zero-order chi connectivity index (χ0) is 21.0. The highest BCUT2D eigenvalue weighted by molar-refractivity contribution is 6.74. The van der Waals surface area contributed by atoms with Crippen LogP contribution in [0.2, 0.25) is 18.1 Å². The molecule has 2 heterocycles. The van der Waals surface area contributed by atoms with Crippen LogP contribution >= 0.6 is 0 Å².